The summed E-state index contributed by atoms with van der Waals surface area (Å²) in [7, 11) is 0. The van der Waals surface area contributed by atoms with Crippen LogP contribution in [0.4, 0.5) is 18.9 Å². The Morgan fingerprint density at radius 1 is 1.20 bits per heavy atom. The Labute approximate surface area is 181 Å². The molecular formula is C21H30F3N5S. The number of nitrogens with one attached hydrogen (secondary N) is 2. The second kappa shape index (κ2) is 10.8. The van der Waals surface area contributed by atoms with Crippen molar-refractivity contribution in [2.45, 2.75) is 46.8 Å². The highest BCUT2D eigenvalue weighted by molar-refractivity contribution is 7.80. The van der Waals surface area contributed by atoms with Crippen LogP contribution in [0, 0.1) is 13.8 Å². The van der Waals surface area contributed by atoms with Gasteiger partial charge in [-0.15, -0.1) is 0 Å². The summed E-state index contributed by atoms with van der Waals surface area (Å²) < 4.78 is 40.6. The third kappa shape index (κ3) is 6.70. The fourth-order valence-corrected chi connectivity index (χ4v) is 3.46. The molecule has 0 fully saturated rings. The normalized spacial score (nSPS) is 11.7. The highest BCUT2D eigenvalue weighted by Crippen LogP contribution is 2.30. The molecule has 1 aromatic heterocycles. The molecule has 0 bridgehead atoms. The molecule has 0 aliphatic heterocycles. The van der Waals surface area contributed by atoms with Crippen LogP contribution in [0.3, 0.4) is 0 Å². The molecule has 166 valence electrons. The van der Waals surface area contributed by atoms with Crippen molar-refractivity contribution in [3.05, 3.63) is 46.8 Å². The Morgan fingerprint density at radius 3 is 2.53 bits per heavy atom. The summed E-state index contributed by atoms with van der Waals surface area (Å²) in [6.45, 7) is 12.1. The van der Waals surface area contributed by atoms with Gasteiger partial charge in [-0.1, -0.05) is 26.0 Å². The number of aromatic nitrogens is 2. The summed E-state index contributed by atoms with van der Waals surface area (Å²) in [6, 6.07) is 5.31. The lowest BCUT2D eigenvalue weighted by atomic mass is 10.1. The predicted octanol–water partition coefficient (Wildman–Crippen LogP) is 4.59. The van der Waals surface area contributed by atoms with Crippen LogP contribution in [-0.4, -0.2) is 46.0 Å². The molecule has 0 saturated carbocycles. The number of hydrogen-bond donors (Lipinski definition) is 2. The van der Waals surface area contributed by atoms with Crippen molar-refractivity contribution in [2.75, 3.05) is 31.5 Å². The molecule has 5 nitrogen and oxygen atoms in total. The Balaban J connectivity index is 1.98. The fourth-order valence-electron chi connectivity index (χ4n) is 3.25. The van der Waals surface area contributed by atoms with Crippen LogP contribution >= 0.6 is 12.2 Å². The molecule has 0 atom stereocenters. The molecule has 0 radical (unpaired) electrons. The molecule has 0 aliphatic carbocycles. The topological polar surface area (TPSA) is 45.1 Å². The zero-order chi connectivity index (χ0) is 22.3. The molecule has 30 heavy (non-hydrogen) atoms. The van der Waals surface area contributed by atoms with E-state index in [1.807, 2.05) is 13.8 Å². The van der Waals surface area contributed by atoms with E-state index in [0.29, 0.717) is 10.7 Å². The van der Waals surface area contributed by atoms with Gasteiger partial charge in [0.15, 0.2) is 5.11 Å². The van der Waals surface area contributed by atoms with Crippen LogP contribution < -0.4 is 10.6 Å². The minimum absolute atomic E-state index is 0.252. The summed E-state index contributed by atoms with van der Waals surface area (Å²) in [6.07, 6.45) is -3.38. The highest BCUT2D eigenvalue weighted by atomic mass is 32.1. The number of halogens is 3. The number of benzene rings is 1. The maximum Gasteiger partial charge on any atom is 0.416 e. The summed E-state index contributed by atoms with van der Waals surface area (Å²) in [5, 5.41) is 11.4. The maximum absolute atomic E-state index is 13.0. The van der Waals surface area contributed by atoms with Crippen LogP contribution in [0.5, 0.6) is 0 Å². The minimum Gasteiger partial charge on any atom is -0.362 e. The van der Waals surface area contributed by atoms with E-state index in [4.69, 9.17) is 12.2 Å². The van der Waals surface area contributed by atoms with Gasteiger partial charge in [-0.2, -0.15) is 18.3 Å². The standard InChI is InChI=1S/C21H30F3N5S/c1-5-28(6-2)12-8-11-25-20(30)26-19-15(3)27-29(16(19)4)14-17-9-7-10-18(13-17)21(22,23)24/h7,9-10,13H,5-6,8,11-12,14H2,1-4H3,(H2,25,26,30). The number of hydrogen-bond acceptors (Lipinski definition) is 3. The number of thiocarbonyl (C=S) groups is 1. The van der Waals surface area contributed by atoms with Gasteiger partial charge in [-0.25, -0.2) is 0 Å². The summed E-state index contributed by atoms with van der Waals surface area (Å²) in [5.41, 5.74) is 2.22. The zero-order valence-electron chi connectivity index (χ0n) is 17.9. The van der Waals surface area contributed by atoms with Crippen molar-refractivity contribution in [3.63, 3.8) is 0 Å². The first-order valence-electron chi connectivity index (χ1n) is 10.1. The second-order valence-corrected chi connectivity index (χ2v) is 7.57. The largest absolute Gasteiger partial charge is 0.416 e. The molecule has 0 saturated heterocycles. The van der Waals surface area contributed by atoms with Gasteiger partial charge in [0, 0.05) is 6.54 Å². The number of rotatable bonds is 9. The minimum atomic E-state index is -4.36. The molecular weight excluding hydrogens is 411 g/mol. The first kappa shape index (κ1) is 24.1. The van der Waals surface area contributed by atoms with Gasteiger partial charge >= 0.3 is 6.18 Å². The lowest BCUT2D eigenvalue weighted by Crippen LogP contribution is -2.32. The van der Waals surface area contributed by atoms with E-state index in [1.165, 1.54) is 6.07 Å². The number of nitrogens with zero attached hydrogens (tertiary/aromatic N) is 3. The first-order valence-corrected chi connectivity index (χ1v) is 10.5. The van der Waals surface area contributed by atoms with Crippen molar-refractivity contribution in [2.24, 2.45) is 0 Å². The Morgan fingerprint density at radius 2 is 1.90 bits per heavy atom. The molecule has 9 heteroatoms. The van der Waals surface area contributed by atoms with Crippen LogP contribution in [0.15, 0.2) is 24.3 Å². The number of alkyl halides is 3. The van der Waals surface area contributed by atoms with Gasteiger partial charge in [0.25, 0.3) is 0 Å². The van der Waals surface area contributed by atoms with E-state index in [1.54, 1.807) is 10.7 Å². The van der Waals surface area contributed by atoms with E-state index >= 15 is 0 Å². The zero-order valence-corrected chi connectivity index (χ0v) is 18.8. The van der Waals surface area contributed by atoms with Gasteiger partial charge in [-0.3, -0.25) is 4.68 Å². The third-order valence-electron chi connectivity index (χ3n) is 5.04. The van der Waals surface area contributed by atoms with Crippen molar-refractivity contribution in [3.8, 4) is 0 Å². The van der Waals surface area contributed by atoms with Crippen molar-refractivity contribution >= 4 is 23.0 Å². The first-order chi connectivity index (χ1) is 14.2. The van der Waals surface area contributed by atoms with Gasteiger partial charge < -0.3 is 15.5 Å². The molecule has 0 aliphatic rings. The summed E-state index contributed by atoms with van der Waals surface area (Å²) in [4.78, 5) is 2.35. The van der Waals surface area contributed by atoms with E-state index in [0.717, 1.165) is 61.8 Å². The third-order valence-corrected chi connectivity index (χ3v) is 5.28. The smallest absolute Gasteiger partial charge is 0.362 e. The molecule has 0 unspecified atom stereocenters. The molecule has 2 N–H and O–H groups in total. The molecule has 1 heterocycles. The SMILES string of the molecule is CCN(CC)CCCNC(=S)Nc1c(C)nn(Cc2cccc(C(F)(F)F)c2)c1C. The molecule has 0 amide bonds. The van der Waals surface area contributed by atoms with Crippen LogP contribution in [0.2, 0.25) is 0 Å². The second-order valence-electron chi connectivity index (χ2n) is 7.16. The predicted molar refractivity (Wildman–Crippen MR) is 119 cm³/mol. The van der Waals surface area contributed by atoms with E-state index in [-0.39, 0.29) is 6.54 Å². The molecule has 2 aromatic rings. The van der Waals surface area contributed by atoms with Gasteiger partial charge in [-0.05, 0) is 69.8 Å². The molecule has 2 rings (SSSR count). The van der Waals surface area contributed by atoms with Gasteiger partial charge in [0.2, 0.25) is 0 Å². The van der Waals surface area contributed by atoms with Crippen LogP contribution in [0.25, 0.3) is 0 Å². The summed E-state index contributed by atoms with van der Waals surface area (Å²) in [5.74, 6) is 0. The average Bonchev–Trinajstić information content (AvgIpc) is 2.95. The van der Waals surface area contributed by atoms with Crippen LogP contribution in [0.1, 0.15) is 42.8 Å². The van der Waals surface area contributed by atoms with Gasteiger partial charge in [0.05, 0.1) is 29.2 Å². The number of aryl methyl sites for hydroxylation is 1. The monoisotopic (exact) mass is 441 g/mol. The van der Waals surface area contributed by atoms with Crippen molar-refractivity contribution in [1.29, 1.82) is 0 Å². The van der Waals surface area contributed by atoms with E-state index in [2.05, 4.69) is 34.5 Å². The van der Waals surface area contributed by atoms with E-state index < -0.39 is 11.7 Å². The van der Waals surface area contributed by atoms with Crippen molar-refractivity contribution in [1.82, 2.24) is 20.0 Å². The average molecular weight is 442 g/mol. The Hall–Kier alpha value is -2.13. The Bertz CT molecular complexity index is 844. The lowest BCUT2D eigenvalue weighted by Gasteiger charge is -2.18. The number of anilines is 1. The van der Waals surface area contributed by atoms with Crippen LogP contribution in [-0.2, 0) is 12.7 Å². The quantitative estimate of drug-likeness (QED) is 0.440. The Kier molecular flexibility index (Phi) is 8.66. The maximum atomic E-state index is 13.0. The van der Waals surface area contributed by atoms with Crippen molar-refractivity contribution < 1.29 is 13.2 Å². The fraction of sp³-hybridized carbons (Fsp3) is 0.524. The molecule has 1 aromatic carbocycles. The lowest BCUT2D eigenvalue weighted by molar-refractivity contribution is -0.137. The van der Waals surface area contributed by atoms with E-state index in [9.17, 15) is 13.2 Å². The molecule has 0 spiro atoms. The highest BCUT2D eigenvalue weighted by Gasteiger charge is 2.30. The van der Waals surface area contributed by atoms with Gasteiger partial charge in [0.1, 0.15) is 0 Å². The summed E-state index contributed by atoms with van der Waals surface area (Å²) >= 11 is 5.39.